The topological polar surface area (TPSA) is 58.6 Å². The van der Waals surface area contributed by atoms with Crippen molar-refractivity contribution in [1.29, 1.82) is 0 Å². The number of Topliss-reactive ketones (excluding diaryl/α,β-unsaturated/α-hetero) is 1. The number of ether oxygens (including phenoxy) is 1. The summed E-state index contributed by atoms with van der Waals surface area (Å²) in [5.74, 6) is -0.332. The molecule has 1 aromatic rings. The van der Waals surface area contributed by atoms with E-state index in [2.05, 4.69) is 5.32 Å². The highest BCUT2D eigenvalue weighted by Crippen LogP contribution is 2.20. The molecule has 1 amide bonds. The van der Waals surface area contributed by atoms with Gasteiger partial charge in [0.2, 0.25) is 5.91 Å². The number of nitrogens with zero attached hydrogens (tertiary/aromatic N) is 1. The lowest BCUT2D eigenvalue weighted by Gasteiger charge is -2.18. The van der Waals surface area contributed by atoms with Crippen LogP contribution in [-0.2, 0) is 4.79 Å². The molecule has 1 aliphatic heterocycles. The van der Waals surface area contributed by atoms with Crippen molar-refractivity contribution in [2.45, 2.75) is 6.42 Å². The largest absolute Gasteiger partial charge is 0.496 e. The van der Waals surface area contributed by atoms with Gasteiger partial charge in [-0.15, -0.1) is 0 Å². The lowest BCUT2D eigenvalue weighted by molar-refractivity contribution is -0.120. The maximum absolute atomic E-state index is 13.3. The minimum Gasteiger partial charge on any atom is -0.496 e. The van der Waals surface area contributed by atoms with E-state index in [4.69, 9.17) is 4.74 Å². The van der Waals surface area contributed by atoms with Crippen molar-refractivity contribution < 1.29 is 18.7 Å². The van der Waals surface area contributed by atoms with E-state index in [1.165, 1.54) is 25.3 Å². The van der Waals surface area contributed by atoms with Gasteiger partial charge < -0.3 is 10.1 Å². The fraction of sp³-hybridized carbons (Fsp3) is 0.429. The van der Waals surface area contributed by atoms with E-state index in [1.54, 1.807) is 0 Å². The van der Waals surface area contributed by atoms with Crippen LogP contribution in [0.5, 0.6) is 5.75 Å². The molecule has 0 spiro atoms. The van der Waals surface area contributed by atoms with Gasteiger partial charge in [-0.2, -0.15) is 0 Å². The summed E-state index contributed by atoms with van der Waals surface area (Å²) >= 11 is 0. The molecular weight excluding hydrogens is 263 g/mol. The number of halogens is 1. The Labute approximate surface area is 116 Å². The number of hydrogen-bond acceptors (Lipinski definition) is 4. The number of benzene rings is 1. The van der Waals surface area contributed by atoms with Crippen molar-refractivity contribution in [2.75, 3.05) is 33.3 Å². The summed E-state index contributed by atoms with van der Waals surface area (Å²) in [7, 11) is 1.44. The minimum absolute atomic E-state index is 0.0108. The van der Waals surface area contributed by atoms with E-state index in [0.717, 1.165) is 0 Å². The summed E-state index contributed by atoms with van der Waals surface area (Å²) in [5, 5.41) is 2.74. The molecule has 2 rings (SSSR count). The highest BCUT2D eigenvalue weighted by Gasteiger charge is 2.19. The fourth-order valence-corrected chi connectivity index (χ4v) is 2.16. The van der Waals surface area contributed by atoms with Crippen molar-refractivity contribution in [3.63, 3.8) is 0 Å². The van der Waals surface area contributed by atoms with Gasteiger partial charge in [-0.1, -0.05) is 0 Å². The summed E-state index contributed by atoms with van der Waals surface area (Å²) in [5.41, 5.74) is 0.232. The molecule has 1 aromatic carbocycles. The zero-order valence-electron chi connectivity index (χ0n) is 11.3. The molecule has 1 N–H and O–H groups in total. The van der Waals surface area contributed by atoms with Crippen LogP contribution in [0.1, 0.15) is 16.8 Å². The average molecular weight is 280 g/mol. The first kappa shape index (κ1) is 14.5. The Bertz CT molecular complexity index is 519. The normalized spacial score (nSPS) is 16.4. The average Bonchev–Trinajstić information content (AvgIpc) is 2.63. The van der Waals surface area contributed by atoms with Gasteiger partial charge in [0.1, 0.15) is 11.6 Å². The predicted octanol–water partition coefficient (Wildman–Crippen LogP) is 0.839. The lowest BCUT2D eigenvalue weighted by Crippen LogP contribution is -2.33. The van der Waals surface area contributed by atoms with E-state index in [1.807, 2.05) is 4.90 Å². The third-order valence-electron chi connectivity index (χ3n) is 3.23. The summed E-state index contributed by atoms with van der Waals surface area (Å²) in [6.45, 7) is 1.80. The SMILES string of the molecule is COc1ccc(F)cc1C(=O)CN1CCNC(=O)CC1. The number of rotatable bonds is 4. The standard InChI is InChI=1S/C14H17FN2O3/c1-20-13-3-2-10(15)8-11(13)12(18)9-17-6-4-14(19)16-5-7-17/h2-3,8H,4-7,9H2,1H3,(H,16,19). The van der Waals surface area contributed by atoms with Gasteiger partial charge in [0.05, 0.1) is 19.2 Å². The van der Waals surface area contributed by atoms with E-state index < -0.39 is 5.82 Å². The number of carbonyl (C=O) groups excluding carboxylic acids is 2. The Morgan fingerprint density at radius 2 is 2.25 bits per heavy atom. The van der Waals surface area contributed by atoms with E-state index >= 15 is 0 Å². The maximum Gasteiger partial charge on any atom is 0.221 e. The van der Waals surface area contributed by atoms with Crippen LogP contribution >= 0.6 is 0 Å². The van der Waals surface area contributed by atoms with Crippen molar-refractivity contribution in [2.24, 2.45) is 0 Å². The molecule has 0 radical (unpaired) electrons. The van der Waals surface area contributed by atoms with Crippen LogP contribution in [0.4, 0.5) is 4.39 Å². The van der Waals surface area contributed by atoms with Crippen molar-refractivity contribution in [3.8, 4) is 5.75 Å². The lowest BCUT2D eigenvalue weighted by atomic mass is 10.1. The first-order valence-corrected chi connectivity index (χ1v) is 6.46. The van der Waals surface area contributed by atoms with Crippen LogP contribution in [0.3, 0.4) is 0 Å². The molecule has 0 atom stereocenters. The number of amides is 1. The maximum atomic E-state index is 13.3. The number of methoxy groups -OCH3 is 1. The van der Waals surface area contributed by atoms with Gasteiger partial charge in [-0.3, -0.25) is 14.5 Å². The molecule has 1 fully saturated rings. The molecule has 1 aliphatic rings. The highest BCUT2D eigenvalue weighted by molar-refractivity contribution is 6.00. The van der Waals surface area contributed by atoms with Gasteiger partial charge >= 0.3 is 0 Å². The van der Waals surface area contributed by atoms with Crippen LogP contribution < -0.4 is 10.1 Å². The van der Waals surface area contributed by atoms with E-state index in [0.29, 0.717) is 31.8 Å². The highest BCUT2D eigenvalue weighted by atomic mass is 19.1. The molecule has 6 heteroatoms. The molecule has 1 saturated heterocycles. The molecule has 108 valence electrons. The first-order valence-electron chi connectivity index (χ1n) is 6.46. The van der Waals surface area contributed by atoms with Crippen LogP contribution in [0.15, 0.2) is 18.2 Å². The second-order valence-corrected chi connectivity index (χ2v) is 4.64. The second kappa shape index (κ2) is 6.47. The molecule has 0 bridgehead atoms. The second-order valence-electron chi connectivity index (χ2n) is 4.64. The summed E-state index contributed by atoms with van der Waals surface area (Å²) in [6, 6.07) is 3.88. The molecule has 0 aliphatic carbocycles. The molecule has 0 aromatic heterocycles. The van der Waals surface area contributed by atoms with E-state index in [-0.39, 0.29) is 23.8 Å². The number of ketones is 1. The van der Waals surface area contributed by atoms with Crippen LogP contribution in [0.2, 0.25) is 0 Å². The molecule has 20 heavy (non-hydrogen) atoms. The molecule has 0 saturated carbocycles. The van der Waals surface area contributed by atoms with Crippen LogP contribution in [0.25, 0.3) is 0 Å². The quantitative estimate of drug-likeness (QED) is 0.830. The van der Waals surface area contributed by atoms with Crippen LogP contribution in [-0.4, -0.2) is 49.9 Å². The molecular formula is C14H17FN2O3. The summed E-state index contributed by atoms with van der Waals surface area (Å²) < 4.78 is 18.3. The van der Waals surface area contributed by atoms with Gasteiger partial charge in [-0.05, 0) is 18.2 Å². The number of hydrogen-bond donors (Lipinski definition) is 1. The number of nitrogens with one attached hydrogen (secondary N) is 1. The van der Waals surface area contributed by atoms with E-state index in [9.17, 15) is 14.0 Å². The molecule has 5 nitrogen and oxygen atoms in total. The Balaban J connectivity index is 2.07. The Kier molecular flexibility index (Phi) is 4.68. The van der Waals surface area contributed by atoms with Gasteiger partial charge in [0.15, 0.2) is 5.78 Å². The first-order chi connectivity index (χ1) is 9.60. The predicted molar refractivity (Wildman–Crippen MR) is 71.3 cm³/mol. The Morgan fingerprint density at radius 3 is 3.00 bits per heavy atom. The zero-order valence-corrected chi connectivity index (χ0v) is 11.3. The summed E-state index contributed by atoms with van der Waals surface area (Å²) in [6.07, 6.45) is 0.369. The van der Waals surface area contributed by atoms with Crippen LogP contribution in [0, 0.1) is 5.82 Å². The third kappa shape index (κ3) is 3.54. The van der Waals surface area contributed by atoms with Gasteiger partial charge in [0.25, 0.3) is 0 Å². The summed E-state index contributed by atoms with van der Waals surface area (Å²) in [4.78, 5) is 25.4. The minimum atomic E-state index is -0.470. The monoisotopic (exact) mass is 280 g/mol. The number of carbonyl (C=O) groups is 2. The fourth-order valence-electron chi connectivity index (χ4n) is 2.16. The van der Waals surface area contributed by atoms with Crippen molar-refractivity contribution in [1.82, 2.24) is 10.2 Å². The van der Waals surface area contributed by atoms with Crippen molar-refractivity contribution in [3.05, 3.63) is 29.6 Å². The third-order valence-corrected chi connectivity index (χ3v) is 3.23. The Hall–Kier alpha value is -1.95. The smallest absolute Gasteiger partial charge is 0.221 e. The van der Waals surface area contributed by atoms with Gasteiger partial charge in [0, 0.05) is 26.1 Å². The molecule has 1 heterocycles. The molecule has 0 unspecified atom stereocenters. The zero-order chi connectivity index (χ0) is 14.5. The van der Waals surface area contributed by atoms with Gasteiger partial charge in [-0.25, -0.2) is 4.39 Å². The Morgan fingerprint density at radius 1 is 1.45 bits per heavy atom. The van der Waals surface area contributed by atoms with Crippen molar-refractivity contribution >= 4 is 11.7 Å².